The molecule has 0 bridgehead atoms. The van der Waals surface area contributed by atoms with E-state index in [0.29, 0.717) is 29.2 Å². The number of hydrogen-bond acceptors (Lipinski definition) is 4. The van der Waals surface area contributed by atoms with Gasteiger partial charge in [-0.25, -0.2) is 4.79 Å². The van der Waals surface area contributed by atoms with Crippen LogP contribution in [-0.2, 0) is 6.61 Å². The van der Waals surface area contributed by atoms with Crippen molar-refractivity contribution in [1.29, 1.82) is 5.26 Å². The van der Waals surface area contributed by atoms with E-state index in [1.165, 1.54) is 0 Å². The third-order valence-electron chi connectivity index (χ3n) is 3.53. The normalized spacial score (nSPS) is 9.88. The van der Waals surface area contributed by atoms with Crippen LogP contribution in [0.15, 0.2) is 78.9 Å². The van der Waals surface area contributed by atoms with Crippen LogP contribution >= 0.6 is 0 Å². The molecule has 0 heterocycles. The zero-order valence-corrected chi connectivity index (χ0v) is 13.4. The van der Waals surface area contributed by atoms with Crippen LogP contribution in [0, 0.1) is 11.3 Å². The van der Waals surface area contributed by atoms with Gasteiger partial charge in [0, 0.05) is 0 Å². The molecule has 0 saturated heterocycles. The SMILES string of the molecule is N#Cc1ccc(OC(=O)c2ccc(OCc3ccccc3)cc2)cc1. The van der Waals surface area contributed by atoms with E-state index in [9.17, 15) is 4.79 Å². The largest absolute Gasteiger partial charge is 0.489 e. The fourth-order valence-electron chi connectivity index (χ4n) is 2.19. The minimum atomic E-state index is -0.459. The molecule has 3 aromatic carbocycles. The molecule has 0 fully saturated rings. The first-order chi connectivity index (χ1) is 12.2. The molecule has 0 aliphatic carbocycles. The molecule has 4 nitrogen and oxygen atoms in total. The minimum absolute atomic E-state index is 0.397. The maximum atomic E-state index is 12.1. The molecule has 4 heteroatoms. The van der Waals surface area contributed by atoms with Gasteiger partial charge in [0.25, 0.3) is 0 Å². The quantitative estimate of drug-likeness (QED) is 0.515. The van der Waals surface area contributed by atoms with Gasteiger partial charge >= 0.3 is 5.97 Å². The second-order valence-corrected chi connectivity index (χ2v) is 5.32. The van der Waals surface area contributed by atoms with E-state index in [0.717, 1.165) is 5.56 Å². The fourth-order valence-corrected chi connectivity index (χ4v) is 2.19. The van der Waals surface area contributed by atoms with E-state index >= 15 is 0 Å². The molecule has 0 unspecified atom stereocenters. The topological polar surface area (TPSA) is 59.3 Å². The van der Waals surface area contributed by atoms with Crippen LogP contribution < -0.4 is 9.47 Å². The fraction of sp³-hybridized carbons (Fsp3) is 0.0476. The van der Waals surface area contributed by atoms with Crippen LogP contribution in [0.4, 0.5) is 0 Å². The summed E-state index contributed by atoms with van der Waals surface area (Å²) in [6.07, 6.45) is 0. The lowest BCUT2D eigenvalue weighted by Gasteiger charge is -2.08. The molecule has 3 rings (SSSR count). The molecule has 3 aromatic rings. The summed E-state index contributed by atoms with van der Waals surface area (Å²) in [5.41, 5.74) is 2.02. The molecule has 25 heavy (non-hydrogen) atoms. The molecule has 0 aliphatic rings. The minimum Gasteiger partial charge on any atom is -0.489 e. The lowest BCUT2D eigenvalue weighted by atomic mass is 10.2. The zero-order valence-electron chi connectivity index (χ0n) is 13.4. The Morgan fingerprint density at radius 1 is 0.840 bits per heavy atom. The molecule has 0 radical (unpaired) electrons. The number of rotatable bonds is 5. The van der Waals surface area contributed by atoms with Gasteiger partial charge < -0.3 is 9.47 Å². The van der Waals surface area contributed by atoms with Crippen molar-refractivity contribution in [3.63, 3.8) is 0 Å². The van der Waals surface area contributed by atoms with Crippen molar-refractivity contribution < 1.29 is 14.3 Å². The van der Waals surface area contributed by atoms with Crippen LogP contribution in [0.1, 0.15) is 21.5 Å². The Labute approximate surface area is 145 Å². The Balaban J connectivity index is 1.59. The maximum Gasteiger partial charge on any atom is 0.343 e. The van der Waals surface area contributed by atoms with Crippen molar-refractivity contribution in [3.8, 4) is 17.6 Å². The number of hydrogen-bond donors (Lipinski definition) is 0. The molecular weight excluding hydrogens is 314 g/mol. The van der Waals surface area contributed by atoms with Crippen molar-refractivity contribution in [2.24, 2.45) is 0 Å². The van der Waals surface area contributed by atoms with Gasteiger partial charge in [0.1, 0.15) is 18.1 Å². The van der Waals surface area contributed by atoms with Crippen LogP contribution in [0.5, 0.6) is 11.5 Å². The first-order valence-corrected chi connectivity index (χ1v) is 7.74. The molecule has 122 valence electrons. The Morgan fingerprint density at radius 2 is 1.48 bits per heavy atom. The van der Waals surface area contributed by atoms with Crippen LogP contribution in [-0.4, -0.2) is 5.97 Å². The van der Waals surface area contributed by atoms with Crippen molar-refractivity contribution in [1.82, 2.24) is 0 Å². The third kappa shape index (κ3) is 4.46. The van der Waals surface area contributed by atoms with Gasteiger partial charge in [-0.15, -0.1) is 0 Å². The zero-order chi connectivity index (χ0) is 17.5. The summed E-state index contributed by atoms with van der Waals surface area (Å²) < 4.78 is 11.0. The molecule has 0 aromatic heterocycles. The summed E-state index contributed by atoms with van der Waals surface area (Å²) in [5.74, 6) is 0.617. The van der Waals surface area contributed by atoms with Crippen LogP contribution in [0.2, 0.25) is 0 Å². The summed E-state index contributed by atoms with van der Waals surface area (Å²) >= 11 is 0. The van der Waals surface area contributed by atoms with Crippen molar-refractivity contribution in [2.45, 2.75) is 6.61 Å². The van der Waals surface area contributed by atoms with E-state index < -0.39 is 5.97 Å². The van der Waals surface area contributed by atoms with Gasteiger partial charge in [0.2, 0.25) is 0 Å². The molecular formula is C21H15NO3. The summed E-state index contributed by atoms with van der Waals surface area (Å²) in [6, 6.07) is 25.0. The monoisotopic (exact) mass is 329 g/mol. The van der Waals surface area contributed by atoms with Gasteiger partial charge in [-0.05, 0) is 54.1 Å². The highest BCUT2D eigenvalue weighted by Crippen LogP contribution is 2.17. The lowest BCUT2D eigenvalue weighted by Crippen LogP contribution is -2.08. The van der Waals surface area contributed by atoms with Crippen molar-refractivity contribution in [3.05, 3.63) is 95.6 Å². The molecule has 0 spiro atoms. The predicted molar refractivity (Wildman–Crippen MR) is 93.3 cm³/mol. The van der Waals surface area contributed by atoms with E-state index in [1.807, 2.05) is 36.4 Å². The average molecular weight is 329 g/mol. The number of benzene rings is 3. The van der Waals surface area contributed by atoms with E-state index in [-0.39, 0.29) is 0 Å². The second kappa shape index (κ2) is 7.80. The number of esters is 1. The predicted octanol–water partition coefficient (Wildman–Crippen LogP) is 4.36. The standard InChI is InChI=1S/C21H15NO3/c22-14-16-6-10-20(11-7-16)25-21(23)18-8-12-19(13-9-18)24-15-17-4-2-1-3-5-17/h1-13H,15H2. The lowest BCUT2D eigenvalue weighted by molar-refractivity contribution is 0.0734. The summed E-state index contributed by atoms with van der Waals surface area (Å²) in [7, 11) is 0. The Hall–Kier alpha value is -3.58. The number of carbonyl (C=O) groups is 1. The number of carbonyl (C=O) groups excluding carboxylic acids is 1. The first-order valence-electron chi connectivity index (χ1n) is 7.74. The third-order valence-corrected chi connectivity index (χ3v) is 3.53. The van der Waals surface area contributed by atoms with Crippen LogP contribution in [0.3, 0.4) is 0 Å². The highest BCUT2D eigenvalue weighted by Gasteiger charge is 2.09. The van der Waals surface area contributed by atoms with Crippen molar-refractivity contribution >= 4 is 5.97 Å². The highest BCUT2D eigenvalue weighted by atomic mass is 16.5. The number of ether oxygens (including phenoxy) is 2. The maximum absolute atomic E-state index is 12.1. The molecule has 0 atom stereocenters. The van der Waals surface area contributed by atoms with Gasteiger partial charge in [-0.1, -0.05) is 30.3 Å². The van der Waals surface area contributed by atoms with Gasteiger partial charge in [0.05, 0.1) is 17.2 Å². The van der Waals surface area contributed by atoms with Crippen molar-refractivity contribution in [2.75, 3.05) is 0 Å². The van der Waals surface area contributed by atoms with E-state index in [1.54, 1.807) is 48.5 Å². The van der Waals surface area contributed by atoms with Gasteiger partial charge in [-0.2, -0.15) is 5.26 Å². The smallest absolute Gasteiger partial charge is 0.343 e. The van der Waals surface area contributed by atoms with Gasteiger partial charge in [0.15, 0.2) is 0 Å². The van der Waals surface area contributed by atoms with Gasteiger partial charge in [-0.3, -0.25) is 0 Å². The Kier molecular flexibility index (Phi) is 5.08. The summed E-state index contributed by atoms with van der Waals surface area (Å²) in [4.78, 5) is 12.1. The molecule has 0 aliphatic heterocycles. The van der Waals surface area contributed by atoms with E-state index in [2.05, 4.69) is 0 Å². The Bertz CT molecular complexity index is 879. The van der Waals surface area contributed by atoms with E-state index in [4.69, 9.17) is 14.7 Å². The Morgan fingerprint density at radius 3 is 2.12 bits per heavy atom. The summed E-state index contributed by atoms with van der Waals surface area (Å²) in [5, 5.41) is 8.76. The highest BCUT2D eigenvalue weighted by molar-refractivity contribution is 5.91. The summed E-state index contributed by atoms with van der Waals surface area (Å²) in [6.45, 7) is 0.468. The second-order valence-electron chi connectivity index (χ2n) is 5.32. The average Bonchev–Trinajstić information content (AvgIpc) is 2.68. The van der Waals surface area contributed by atoms with Crippen LogP contribution in [0.25, 0.3) is 0 Å². The number of nitriles is 1. The molecule has 0 saturated carbocycles. The first kappa shape index (κ1) is 16.3. The molecule has 0 amide bonds. The number of nitrogens with zero attached hydrogens (tertiary/aromatic N) is 1. The molecule has 0 N–H and O–H groups in total.